The number of ether oxygens (including phenoxy) is 1. The van der Waals surface area contributed by atoms with Gasteiger partial charge in [-0.2, -0.15) is 0 Å². The lowest BCUT2D eigenvalue weighted by Gasteiger charge is -2.20. The third kappa shape index (κ3) is 3.13. The number of carboxylic acids is 1. The van der Waals surface area contributed by atoms with Gasteiger partial charge in [0, 0.05) is 10.7 Å². The third-order valence-corrected chi connectivity index (χ3v) is 6.66. The van der Waals surface area contributed by atoms with Crippen LogP contribution < -0.4 is 5.32 Å². The highest BCUT2D eigenvalue weighted by Gasteiger charge is 2.48. The molecule has 0 saturated carbocycles. The predicted octanol–water partition coefficient (Wildman–Crippen LogP) is 3.24. The lowest BCUT2D eigenvalue weighted by Crippen LogP contribution is -2.46. The zero-order chi connectivity index (χ0) is 19.2. The van der Waals surface area contributed by atoms with Gasteiger partial charge in [-0.1, -0.05) is 48.5 Å². The first-order valence-corrected chi connectivity index (χ1v) is 9.78. The summed E-state index contributed by atoms with van der Waals surface area (Å²) >= 11 is 1.30. The van der Waals surface area contributed by atoms with Gasteiger partial charge >= 0.3 is 11.9 Å². The number of esters is 1. The van der Waals surface area contributed by atoms with Crippen LogP contribution >= 0.6 is 11.8 Å². The van der Waals surface area contributed by atoms with Crippen LogP contribution in [0.15, 0.2) is 48.5 Å². The number of nitrogens with one attached hydrogen (secondary N) is 1. The molecule has 6 heteroatoms. The van der Waals surface area contributed by atoms with E-state index in [4.69, 9.17) is 4.74 Å². The molecule has 27 heavy (non-hydrogen) atoms. The van der Waals surface area contributed by atoms with Crippen molar-refractivity contribution < 1.29 is 19.4 Å². The predicted molar refractivity (Wildman–Crippen MR) is 105 cm³/mol. The molecule has 0 bridgehead atoms. The number of carboxylic acid groups (broad SMARTS) is 1. The Bertz CT molecular complexity index is 865. The van der Waals surface area contributed by atoms with Crippen LogP contribution in [-0.2, 0) is 14.3 Å². The number of benzene rings is 2. The molecule has 2 aliphatic rings. The first-order valence-electron chi connectivity index (χ1n) is 8.90. The van der Waals surface area contributed by atoms with E-state index in [0.29, 0.717) is 0 Å². The van der Waals surface area contributed by atoms with Crippen molar-refractivity contribution in [1.82, 2.24) is 5.32 Å². The molecule has 1 fully saturated rings. The molecule has 4 rings (SSSR count). The SMILES string of the molecule is CC1(C)S[C@@H](C(=O)OCC2c3ccccc3-c3ccccc32)N[C@H]1C(=O)O. The second-order valence-corrected chi connectivity index (χ2v) is 9.16. The minimum Gasteiger partial charge on any atom is -0.480 e. The topological polar surface area (TPSA) is 75.6 Å². The number of carbonyl (C=O) groups is 2. The average Bonchev–Trinajstić information content (AvgIpc) is 3.14. The average molecular weight is 383 g/mol. The molecule has 1 saturated heterocycles. The van der Waals surface area contributed by atoms with Crippen LogP contribution in [0.25, 0.3) is 11.1 Å². The second kappa shape index (κ2) is 6.69. The Kier molecular flexibility index (Phi) is 4.48. The van der Waals surface area contributed by atoms with E-state index in [9.17, 15) is 14.7 Å². The Morgan fingerprint density at radius 1 is 1.07 bits per heavy atom. The van der Waals surface area contributed by atoms with Gasteiger partial charge in [0.1, 0.15) is 12.6 Å². The first kappa shape index (κ1) is 18.1. The third-order valence-electron chi connectivity index (χ3n) is 5.25. The standard InChI is InChI=1S/C21H21NO4S/c1-21(2)17(19(23)24)22-18(27-21)20(25)26-11-16-14-9-5-3-7-12(14)13-8-4-6-10-15(13)16/h3-10,16-18,22H,11H2,1-2H3,(H,23,24)/t17-,18-/m0/s1. The molecule has 2 N–H and O–H groups in total. The first-order chi connectivity index (χ1) is 12.9. The molecule has 1 aliphatic carbocycles. The number of fused-ring (bicyclic) bond motifs is 3. The van der Waals surface area contributed by atoms with Crippen LogP contribution in [0.4, 0.5) is 0 Å². The smallest absolute Gasteiger partial charge is 0.333 e. The van der Waals surface area contributed by atoms with Gasteiger partial charge in [-0.3, -0.25) is 10.1 Å². The molecule has 1 heterocycles. The monoisotopic (exact) mass is 383 g/mol. The van der Waals surface area contributed by atoms with Crippen molar-refractivity contribution >= 4 is 23.7 Å². The van der Waals surface area contributed by atoms with Crippen LogP contribution in [0, 0.1) is 0 Å². The highest BCUT2D eigenvalue weighted by atomic mass is 32.2. The molecular weight excluding hydrogens is 362 g/mol. The van der Waals surface area contributed by atoms with Gasteiger partial charge < -0.3 is 9.84 Å². The summed E-state index contributed by atoms with van der Waals surface area (Å²) in [6, 6.07) is 15.5. The highest BCUT2D eigenvalue weighted by molar-refractivity contribution is 8.02. The van der Waals surface area contributed by atoms with Crippen LogP contribution in [0.1, 0.15) is 30.9 Å². The number of hydrogen-bond donors (Lipinski definition) is 2. The number of aliphatic carboxylic acids is 1. The molecule has 2 aromatic rings. The van der Waals surface area contributed by atoms with Crippen molar-refractivity contribution in [2.75, 3.05) is 6.61 Å². The molecule has 0 radical (unpaired) electrons. The maximum Gasteiger partial charge on any atom is 0.333 e. The summed E-state index contributed by atoms with van der Waals surface area (Å²) in [7, 11) is 0. The summed E-state index contributed by atoms with van der Waals surface area (Å²) in [4.78, 5) is 24.0. The van der Waals surface area contributed by atoms with E-state index in [0.717, 1.165) is 11.1 Å². The summed E-state index contributed by atoms with van der Waals surface area (Å²) in [5.74, 6) is -1.38. The van der Waals surface area contributed by atoms with E-state index >= 15 is 0 Å². The summed E-state index contributed by atoms with van der Waals surface area (Å²) in [5.41, 5.74) is 4.66. The zero-order valence-electron chi connectivity index (χ0n) is 15.1. The molecule has 2 atom stereocenters. The van der Waals surface area contributed by atoms with Crippen LogP contribution in [0.5, 0.6) is 0 Å². The van der Waals surface area contributed by atoms with Gasteiger partial charge in [0.2, 0.25) is 0 Å². The van der Waals surface area contributed by atoms with Crippen molar-refractivity contribution in [1.29, 1.82) is 0 Å². The largest absolute Gasteiger partial charge is 0.480 e. The van der Waals surface area contributed by atoms with Gasteiger partial charge in [-0.25, -0.2) is 4.79 Å². The van der Waals surface area contributed by atoms with Gasteiger partial charge in [-0.15, -0.1) is 11.8 Å². The minimum atomic E-state index is -0.957. The van der Waals surface area contributed by atoms with Gasteiger partial charge in [0.15, 0.2) is 5.37 Å². The van der Waals surface area contributed by atoms with E-state index in [1.54, 1.807) is 0 Å². The number of rotatable bonds is 4. The Morgan fingerprint density at radius 2 is 1.63 bits per heavy atom. The summed E-state index contributed by atoms with van der Waals surface area (Å²) in [6.45, 7) is 3.88. The normalized spacial score (nSPS) is 22.9. The van der Waals surface area contributed by atoms with E-state index in [2.05, 4.69) is 29.6 Å². The van der Waals surface area contributed by atoms with Crippen LogP contribution in [0.3, 0.4) is 0 Å². The molecule has 140 valence electrons. The maximum atomic E-state index is 12.6. The van der Waals surface area contributed by atoms with Crippen molar-refractivity contribution in [3.8, 4) is 11.1 Å². The fraction of sp³-hybridized carbons (Fsp3) is 0.333. The molecule has 0 aromatic heterocycles. The number of hydrogen-bond acceptors (Lipinski definition) is 5. The van der Waals surface area contributed by atoms with Gasteiger partial charge in [-0.05, 0) is 36.1 Å². The number of thioether (sulfide) groups is 1. The van der Waals surface area contributed by atoms with Crippen molar-refractivity contribution in [3.63, 3.8) is 0 Å². The molecule has 0 amide bonds. The van der Waals surface area contributed by atoms with Gasteiger partial charge in [0.25, 0.3) is 0 Å². The lowest BCUT2D eigenvalue weighted by atomic mass is 9.98. The van der Waals surface area contributed by atoms with Gasteiger partial charge in [0.05, 0.1) is 0 Å². The zero-order valence-corrected chi connectivity index (χ0v) is 16.0. The Labute approximate surface area is 162 Å². The Hall–Kier alpha value is -2.31. The summed E-state index contributed by atoms with van der Waals surface area (Å²) in [6.07, 6.45) is 0. The molecule has 0 unspecified atom stereocenters. The maximum absolute atomic E-state index is 12.6. The van der Waals surface area contributed by atoms with E-state index in [-0.39, 0.29) is 12.5 Å². The van der Waals surface area contributed by atoms with E-state index in [1.165, 1.54) is 22.9 Å². The highest BCUT2D eigenvalue weighted by Crippen LogP contribution is 2.45. The molecule has 2 aromatic carbocycles. The lowest BCUT2D eigenvalue weighted by molar-refractivity contribution is -0.144. The van der Waals surface area contributed by atoms with E-state index < -0.39 is 28.1 Å². The molecule has 5 nitrogen and oxygen atoms in total. The minimum absolute atomic E-state index is 0.00367. The Balaban J connectivity index is 1.50. The number of carbonyl (C=O) groups excluding carboxylic acids is 1. The van der Waals surface area contributed by atoms with Crippen molar-refractivity contribution in [3.05, 3.63) is 59.7 Å². The fourth-order valence-corrected chi connectivity index (χ4v) is 5.20. The van der Waals surface area contributed by atoms with E-state index in [1.807, 2.05) is 38.1 Å². The second-order valence-electron chi connectivity index (χ2n) is 7.40. The summed E-state index contributed by atoms with van der Waals surface area (Å²) in [5, 5.41) is 11.6. The quantitative estimate of drug-likeness (QED) is 0.790. The molecule has 0 spiro atoms. The van der Waals surface area contributed by atoms with Crippen molar-refractivity contribution in [2.45, 2.75) is 35.9 Å². The summed E-state index contributed by atoms with van der Waals surface area (Å²) < 4.78 is 5.05. The Morgan fingerprint density at radius 3 is 2.15 bits per heavy atom. The fourth-order valence-electron chi connectivity index (χ4n) is 3.92. The van der Waals surface area contributed by atoms with Crippen molar-refractivity contribution in [2.24, 2.45) is 0 Å². The molecule has 1 aliphatic heterocycles. The molecular formula is C21H21NO4S. The van der Waals surface area contributed by atoms with Crippen LogP contribution in [0.2, 0.25) is 0 Å². The van der Waals surface area contributed by atoms with Crippen LogP contribution in [-0.4, -0.2) is 39.8 Å².